The number of likely N-dealkylation sites (N-methyl/N-ethyl adjacent to an activating group) is 1. The van der Waals surface area contributed by atoms with Gasteiger partial charge < -0.3 is 10.4 Å². The Hall–Kier alpha value is -0.870. The van der Waals surface area contributed by atoms with Gasteiger partial charge in [0.1, 0.15) is 0 Å². The number of hydrogen-bond donors (Lipinski definition) is 3. The lowest BCUT2D eigenvalue weighted by Gasteiger charge is -2.09. The van der Waals surface area contributed by atoms with Crippen LogP contribution >= 0.6 is 0 Å². The summed E-state index contributed by atoms with van der Waals surface area (Å²) in [6.45, 7) is 0.583. The number of H-pyrrole nitrogens is 1. The number of aromatic nitrogens is 2. The Bertz CT molecular complexity index is 280. The van der Waals surface area contributed by atoms with Crippen LogP contribution < -0.4 is 5.32 Å². The molecule has 72 valence electrons. The van der Waals surface area contributed by atoms with Crippen molar-refractivity contribution in [2.24, 2.45) is 0 Å². The highest BCUT2D eigenvalue weighted by Gasteiger charge is 2.29. The van der Waals surface area contributed by atoms with E-state index >= 15 is 0 Å². The van der Waals surface area contributed by atoms with E-state index in [9.17, 15) is 5.11 Å². The van der Waals surface area contributed by atoms with Crippen molar-refractivity contribution in [3.63, 3.8) is 0 Å². The van der Waals surface area contributed by atoms with E-state index in [4.69, 9.17) is 0 Å². The van der Waals surface area contributed by atoms with Gasteiger partial charge in [-0.25, -0.2) is 0 Å². The minimum atomic E-state index is -0.431. The maximum Gasteiger partial charge on any atom is 0.0947 e. The summed E-state index contributed by atoms with van der Waals surface area (Å²) in [5, 5.41) is 19.6. The van der Waals surface area contributed by atoms with Gasteiger partial charge >= 0.3 is 0 Å². The molecule has 0 saturated heterocycles. The zero-order chi connectivity index (χ0) is 9.26. The maximum atomic E-state index is 9.74. The van der Waals surface area contributed by atoms with E-state index in [0.717, 1.165) is 11.3 Å². The van der Waals surface area contributed by atoms with Crippen LogP contribution in [0.3, 0.4) is 0 Å². The predicted molar refractivity (Wildman–Crippen MR) is 49.4 cm³/mol. The highest BCUT2D eigenvalue weighted by Crippen LogP contribution is 2.41. The number of hydrogen-bond acceptors (Lipinski definition) is 3. The molecule has 0 amide bonds. The van der Waals surface area contributed by atoms with Crippen molar-refractivity contribution in [3.8, 4) is 0 Å². The number of rotatable bonds is 4. The molecule has 1 aliphatic rings. The van der Waals surface area contributed by atoms with Crippen LogP contribution in [-0.4, -0.2) is 28.9 Å². The third-order valence-corrected chi connectivity index (χ3v) is 2.44. The monoisotopic (exact) mass is 181 g/mol. The van der Waals surface area contributed by atoms with Gasteiger partial charge in [0.25, 0.3) is 0 Å². The highest BCUT2D eigenvalue weighted by atomic mass is 16.3. The van der Waals surface area contributed by atoms with E-state index in [1.807, 2.05) is 7.05 Å². The van der Waals surface area contributed by atoms with Gasteiger partial charge in [-0.05, 0) is 19.9 Å². The summed E-state index contributed by atoms with van der Waals surface area (Å²) < 4.78 is 0. The molecule has 1 heterocycles. The van der Waals surface area contributed by atoms with Crippen LogP contribution in [0.5, 0.6) is 0 Å². The van der Waals surface area contributed by atoms with Gasteiger partial charge in [0, 0.05) is 23.7 Å². The standard InChI is InChI=1S/C9H15N3O/c1-10-5-8(13)7-4-11-12-9(7)6-2-3-6/h4,6,8,10,13H,2-3,5H2,1H3,(H,11,12). The van der Waals surface area contributed by atoms with E-state index < -0.39 is 6.10 Å². The molecule has 2 rings (SSSR count). The number of aliphatic hydroxyl groups excluding tert-OH is 1. The van der Waals surface area contributed by atoms with Crippen LogP contribution in [0.25, 0.3) is 0 Å². The van der Waals surface area contributed by atoms with Gasteiger partial charge in [-0.3, -0.25) is 5.10 Å². The summed E-state index contributed by atoms with van der Waals surface area (Å²) >= 11 is 0. The maximum absolute atomic E-state index is 9.74. The number of aromatic amines is 1. The van der Waals surface area contributed by atoms with Crippen LogP contribution in [-0.2, 0) is 0 Å². The second kappa shape index (κ2) is 3.47. The topological polar surface area (TPSA) is 60.9 Å². The lowest BCUT2D eigenvalue weighted by atomic mass is 10.1. The molecule has 1 fully saturated rings. The van der Waals surface area contributed by atoms with Crippen molar-refractivity contribution < 1.29 is 5.11 Å². The van der Waals surface area contributed by atoms with Crippen molar-refractivity contribution in [1.29, 1.82) is 0 Å². The third kappa shape index (κ3) is 1.73. The predicted octanol–water partition coefficient (Wildman–Crippen LogP) is 0.540. The van der Waals surface area contributed by atoms with Gasteiger partial charge in [0.2, 0.25) is 0 Å². The molecule has 4 heteroatoms. The van der Waals surface area contributed by atoms with Crippen molar-refractivity contribution in [1.82, 2.24) is 15.5 Å². The van der Waals surface area contributed by atoms with E-state index in [1.54, 1.807) is 6.20 Å². The third-order valence-electron chi connectivity index (χ3n) is 2.44. The van der Waals surface area contributed by atoms with Crippen LogP contribution in [0, 0.1) is 0 Å². The number of nitrogens with one attached hydrogen (secondary N) is 2. The summed E-state index contributed by atoms with van der Waals surface area (Å²) in [6, 6.07) is 0. The van der Waals surface area contributed by atoms with Crippen LogP contribution in [0.4, 0.5) is 0 Å². The normalized spacial score (nSPS) is 18.9. The Labute approximate surface area is 77.4 Å². The first-order chi connectivity index (χ1) is 6.33. The lowest BCUT2D eigenvalue weighted by molar-refractivity contribution is 0.176. The second-order valence-corrected chi connectivity index (χ2v) is 3.59. The molecule has 0 bridgehead atoms. The largest absolute Gasteiger partial charge is 0.387 e. The van der Waals surface area contributed by atoms with Crippen molar-refractivity contribution in [2.75, 3.05) is 13.6 Å². The molecular weight excluding hydrogens is 166 g/mol. The Morgan fingerprint density at radius 2 is 2.54 bits per heavy atom. The minimum absolute atomic E-state index is 0.431. The molecule has 0 spiro atoms. The molecule has 0 radical (unpaired) electrons. The van der Waals surface area contributed by atoms with E-state index in [-0.39, 0.29) is 0 Å². The van der Waals surface area contributed by atoms with Gasteiger partial charge in [-0.15, -0.1) is 0 Å². The molecule has 4 nitrogen and oxygen atoms in total. The molecule has 0 aromatic carbocycles. The van der Waals surface area contributed by atoms with E-state index in [1.165, 1.54) is 12.8 Å². The summed E-state index contributed by atoms with van der Waals surface area (Å²) in [7, 11) is 1.83. The first kappa shape index (κ1) is 8.72. The first-order valence-electron chi connectivity index (χ1n) is 4.68. The van der Waals surface area contributed by atoms with Crippen molar-refractivity contribution in [3.05, 3.63) is 17.5 Å². The Morgan fingerprint density at radius 1 is 1.77 bits per heavy atom. The Morgan fingerprint density at radius 3 is 3.15 bits per heavy atom. The van der Waals surface area contributed by atoms with Gasteiger partial charge in [0.05, 0.1) is 12.3 Å². The fraction of sp³-hybridized carbons (Fsp3) is 0.667. The van der Waals surface area contributed by atoms with Gasteiger partial charge in [-0.1, -0.05) is 0 Å². The van der Waals surface area contributed by atoms with E-state index in [0.29, 0.717) is 12.5 Å². The summed E-state index contributed by atoms with van der Waals surface area (Å²) in [5.41, 5.74) is 2.08. The fourth-order valence-electron chi connectivity index (χ4n) is 1.57. The van der Waals surface area contributed by atoms with Crippen LogP contribution in [0.15, 0.2) is 6.20 Å². The van der Waals surface area contributed by atoms with Crippen LogP contribution in [0.1, 0.15) is 36.1 Å². The molecule has 3 N–H and O–H groups in total. The second-order valence-electron chi connectivity index (χ2n) is 3.59. The quantitative estimate of drug-likeness (QED) is 0.635. The zero-order valence-electron chi connectivity index (χ0n) is 7.75. The average Bonchev–Trinajstić information content (AvgIpc) is 2.84. The van der Waals surface area contributed by atoms with Crippen molar-refractivity contribution in [2.45, 2.75) is 24.9 Å². The van der Waals surface area contributed by atoms with Crippen LogP contribution in [0.2, 0.25) is 0 Å². The van der Waals surface area contributed by atoms with Gasteiger partial charge in [-0.2, -0.15) is 5.10 Å². The SMILES string of the molecule is CNCC(O)c1cn[nH]c1C1CC1. The average molecular weight is 181 g/mol. The molecule has 13 heavy (non-hydrogen) atoms. The summed E-state index contributed by atoms with van der Waals surface area (Å²) in [4.78, 5) is 0. The molecule has 1 unspecified atom stereocenters. The molecular formula is C9H15N3O. The number of aliphatic hydroxyl groups is 1. The molecule has 1 saturated carbocycles. The molecule has 1 aromatic heterocycles. The summed E-state index contributed by atoms with van der Waals surface area (Å²) in [6.07, 6.45) is 3.75. The Kier molecular flexibility index (Phi) is 2.33. The highest BCUT2D eigenvalue weighted by molar-refractivity contribution is 5.26. The lowest BCUT2D eigenvalue weighted by Crippen LogP contribution is -2.17. The smallest absolute Gasteiger partial charge is 0.0947 e. The Balaban J connectivity index is 2.13. The molecule has 1 aliphatic carbocycles. The number of nitrogens with zero attached hydrogens (tertiary/aromatic N) is 1. The summed E-state index contributed by atoms with van der Waals surface area (Å²) in [5.74, 6) is 0.615. The first-order valence-corrected chi connectivity index (χ1v) is 4.68. The molecule has 1 aromatic rings. The van der Waals surface area contributed by atoms with Gasteiger partial charge in [0.15, 0.2) is 0 Å². The molecule has 0 aliphatic heterocycles. The minimum Gasteiger partial charge on any atom is -0.387 e. The van der Waals surface area contributed by atoms with Crippen molar-refractivity contribution >= 4 is 0 Å². The fourth-order valence-corrected chi connectivity index (χ4v) is 1.57. The van der Waals surface area contributed by atoms with E-state index in [2.05, 4.69) is 15.5 Å². The molecule has 1 atom stereocenters. The zero-order valence-corrected chi connectivity index (χ0v) is 7.75.